The van der Waals surface area contributed by atoms with Gasteiger partial charge in [0.25, 0.3) is 0 Å². The first kappa shape index (κ1) is 15.9. The summed E-state index contributed by atoms with van der Waals surface area (Å²) in [6.07, 6.45) is -3.72. The molecule has 0 aliphatic rings. The Labute approximate surface area is 110 Å². The maximum Gasteiger partial charge on any atom is 0.418 e. The molecule has 1 rings (SSSR count). The van der Waals surface area contributed by atoms with Crippen molar-refractivity contribution in [2.45, 2.75) is 39.6 Å². The van der Waals surface area contributed by atoms with Gasteiger partial charge < -0.3 is 10.4 Å². The van der Waals surface area contributed by atoms with E-state index in [9.17, 15) is 18.3 Å². The van der Waals surface area contributed by atoms with E-state index in [0.29, 0.717) is 0 Å². The van der Waals surface area contributed by atoms with Gasteiger partial charge in [-0.05, 0) is 17.5 Å². The molecule has 0 fully saturated rings. The summed E-state index contributed by atoms with van der Waals surface area (Å²) in [6.45, 7) is 5.78. The fourth-order valence-electron chi connectivity index (χ4n) is 1.47. The van der Waals surface area contributed by atoms with Gasteiger partial charge in [0.1, 0.15) is 0 Å². The highest BCUT2D eigenvalue weighted by molar-refractivity contribution is 5.22. The Bertz CT molecular complexity index is 413. The molecule has 1 atom stereocenters. The van der Waals surface area contributed by atoms with Crippen LogP contribution in [0.15, 0.2) is 18.3 Å². The van der Waals surface area contributed by atoms with Gasteiger partial charge in [-0.2, -0.15) is 13.2 Å². The number of aliphatic hydroxyl groups excluding tert-OH is 1. The van der Waals surface area contributed by atoms with E-state index < -0.39 is 17.8 Å². The largest absolute Gasteiger partial charge is 0.418 e. The zero-order valence-electron chi connectivity index (χ0n) is 11.3. The number of hydrogen-bond donors (Lipinski definition) is 2. The van der Waals surface area contributed by atoms with Gasteiger partial charge in [0.2, 0.25) is 0 Å². The number of nitrogens with zero attached hydrogens (tertiary/aromatic N) is 1. The van der Waals surface area contributed by atoms with Gasteiger partial charge in [0, 0.05) is 19.3 Å². The first-order valence-electron chi connectivity index (χ1n) is 6.02. The number of aromatic nitrogens is 1. The molecule has 0 radical (unpaired) electrons. The monoisotopic (exact) mass is 276 g/mol. The summed E-state index contributed by atoms with van der Waals surface area (Å²) < 4.78 is 38.1. The third-order valence-corrected chi connectivity index (χ3v) is 2.83. The van der Waals surface area contributed by atoms with Crippen LogP contribution >= 0.6 is 0 Å². The van der Waals surface area contributed by atoms with Crippen molar-refractivity contribution in [1.29, 1.82) is 0 Å². The number of nitrogens with one attached hydrogen (secondary N) is 1. The van der Waals surface area contributed by atoms with Crippen molar-refractivity contribution >= 4 is 0 Å². The lowest BCUT2D eigenvalue weighted by Crippen LogP contribution is -2.36. The molecular formula is C13H19F3N2O. The summed E-state index contributed by atoms with van der Waals surface area (Å²) in [7, 11) is 0. The molecule has 6 heteroatoms. The maximum absolute atomic E-state index is 12.7. The molecule has 0 bridgehead atoms. The molecule has 0 aliphatic heterocycles. The van der Waals surface area contributed by atoms with E-state index in [1.54, 1.807) is 0 Å². The van der Waals surface area contributed by atoms with Crippen LogP contribution in [0.3, 0.4) is 0 Å². The summed E-state index contributed by atoms with van der Waals surface area (Å²) in [6, 6.07) is 2.26. The summed E-state index contributed by atoms with van der Waals surface area (Å²) in [5.41, 5.74) is -1.12. The Morgan fingerprint density at radius 2 is 1.95 bits per heavy atom. The fourth-order valence-corrected chi connectivity index (χ4v) is 1.47. The average molecular weight is 276 g/mol. The second-order valence-electron chi connectivity index (χ2n) is 5.51. The predicted molar refractivity (Wildman–Crippen MR) is 66.4 cm³/mol. The highest BCUT2D eigenvalue weighted by atomic mass is 19.4. The second kappa shape index (κ2) is 5.88. The topological polar surface area (TPSA) is 45.1 Å². The third-order valence-electron chi connectivity index (χ3n) is 2.83. The minimum atomic E-state index is -4.41. The lowest BCUT2D eigenvalue weighted by atomic mass is 9.89. The van der Waals surface area contributed by atoms with Crippen molar-refractivity contribution in [3.05, 3.63) is 29.6 Å². The van der Waals surface area contributed by atoms with Crippen LogP contribution in [-0.4, -0.2) is 22.7 Å². The molecule has 0 amide bonds. The lowest BCUT2D eigenvalue weighted by Gasteiger charge is -2.26. The molecule has 0 aromatic carbocycles. The third kappa shape index (κ3) is 4.80. The van der Waals surface area contributed by atoms with Crippen molar-refractivity contribution in [1.82, 2.24) is 10.3 Å². The lowest BCUT2D eigenvalue weighted by molar-refractivity contribution is -0.138. The maximum atomic E-state index is 12.7. The van der Waals surface area contributed by atoms with Crippen LogP contribution in [0.1, 0.15) is 32.0 Å². The average Bonchev–Trinajstić information content (AvgIpc) is 2.27. The normalized spacial score (nSPS) is 14.5. The van der Waals surface area contributed by atoms with Crippen LogP contribution in [0.25, 0.3) is 0 Å². The molecule has 0 spiro atoms. The molecule has 2 N–H and O–H groups in total. The summed E-state index contributed by atoms with van der Waals surface area (Å²) in [5.74, 6) is 0. The number of alkyl halides is 3. The van der Waals surface area contributed by atoms with E-state index >= 15 is 0 Å². The van der Waals surface area contributed by atoms with Gasteiger partial charge in [-0.1, -0.05) is 20.8 Å². The van der Waals surface area contributed by atoms with Gasteiger partial charge in [0.15, 0.2) is 0 Å². The van der Waals surface area contributed by atoms with E-state index in [1.165, 1.54) is 12.3 Å². The molecule has 1 unspecified atom stereocenters. The quantitative estimate of drug-likeness (QED) is 0.888. The number of rotatable bonds is 4. The van der Waals surface area contributed by atoms with Crippen molar-refractivity contribution in [3.8, 4) is 0 Å². The van der Waals surface area contributed by atoms with E-state index in [2.05, 4.69) is 10.3 Å². The molecule has 0 saturated carbocycles. The Kier molecular flexibility index (Phi) is 4.92. The van der Waals surface area contributed by atoms with Crippen molar-refractivity contribution in [2.24, 2.45) is 5.41 Å². The zero-order chi connectivity index (χ0) is 14.7. The van der Waals surface area contributed by atoms with E-state index in [-0.39, 0.29) is 24.2 Å². The standard InChI is InChI=1S/C13H19F3N2O/c1-12(2,3)11(19)8-17-7-10-9(13(14,15)16)5-4-6-18-10/h4-6,11,17,19H,7-8H2,1-3H3. The summed E-state index contributed by atoms with van der Waals surface area (Å²) in [5, 5.41) is 12.6. The van der Waals surface area contributed by atoms with Crippen LogP contribution in [-0.2, 0) is 12.7 Å². The number of hydrogen-bond acceptors (Lipinski definition) is 3. The molecule has 1 heterocycles. The Balaban J connectivity index is 2.64. The van der Waals surface area contributed by atoms with E-state index in [4.69, 9.17) is 0 Å². The molecule has 19 heavy (non-hydrogen) atoms. The Morgan fingerprint density at radius 3 is 2.47 bits per heavy atom. The molecule has 0 aliphatic carbocycles. The van der Waals surface area contributed by atoms with Crippen molar-refractivity contribution in [3.63, 3.8) is 0 Å². The Hall–Kier alpha value is -1.14. The Morgan fingerprint density at radius 1 is 1.32 bits per heavy atom. The van der Waals surface area contributed by atoms with Gasteiger partial charge in [0.05, 0.1) is 17.4 Å². The second-order valence-corrected chi connectivity index (χ2v) is 5.51. The van der Waals surface area contributed by atoms with E-state index in [0.717, 1.165) is 6.07 Å². The van der Waals surface area contributed by atoms with Crippen LogP contribution < -0.4 is 5.32 Å². The van der Waals surface area contributed by atoms with Crippen LogP contribution in [0.2, 0.25) is 0 Å². The molecule has 108 valence electrons. The SMILES string of the molecule is CC(C)(C)C(O)CNCc1ncccc1C(F)(F)F. The molecular weight excluding hydrogens is 257 g/mol. The summed E-state index contributed by atoms with van der Waals surface area (Å²) >= 11 is 0. The van der Waals surface area contributed by atoms with Gasteiger partial charge in [-0.15, -0.1) is 0 Å². The van der Waals surface area contributed by atoms with Crippen LogP contribution in [0.5, 0.6) is 0 Å². The molecule has 1 aromatic rings. The van der Waals surface area contributed by atoms with E-state index in [1.807, 2.05) is 20.8 Å². The number of pyridine rings is 1. The highest BCUT2D eigenvalue weighted by Gasteiger charge is 2.33. The van der Waals surface area contributed by atoms with Crippen LogP contribution in [0, 0.1) is 5.41 Å². The van der Waals surface area contributed by atoms with Gasteiger partial charge >= 0.3 is 6.18 Å². The minimum absolute atomic E-state index is 0.0250. The van der Waals surface area contributed by atoms with Crippen molar-refractivity contribution in [2.75, 3.05) is 6.54 Å². The first-order chi connectivity index (χ1) is 8.62. The molecule has 3 nitrogen and oxygen atoms in total. The van der Waals surface area contributed by atoms with Gasteiger partial charge in [-0.3, -0.25) is 4.98 Å². The molecule has 1 aromatic heterocycles. The number of aliphatic hydroxyl groups is 1. The number of halogens is 3. The predicted octanol–water partition coefficient (Wildman–Crippen LogP) is 2.60. The molecule has 0 saturated heterocycles. The minimum Gasteiger partial charge on any atom is -0.391 e. The van der Waals surface area contributed by atoms with Crippen molar-refractivity contribution < 1.29 is 18.3 Å². The van der Waals surface area contributed by atoms with Crippen LogP contribution in [0.4, 0.5) is 13.2 Å². The first-order valence-corrected chi connectivity index (χ1v) is 6.02. The fraction of sp³-hybridized carbons (Fsp3) is 0.615. The highest BCUT2D eigenvalue weighted by Crippen LogP contribution is 2.30. The van der Waals surface area contributed by atoms with Gasteiger partial charge in [-0.25, -0.2) is 0 Å². The summed E-state index contributed by atoms with van der Waals surface area (Å²) in [4.78, 5) is 3.74. The zero-order valence-corrected chi connectivity index (χ0v) is 11.3. The smallest absolute Gasteiger partial charge is 0.391 e.